The van der Waals surface area contributed by atoms with E-state index in [4.69, 9.17) is 18.9 Å². The number of H-pyrrole nitrogens is 1. The summed E-state index contributed by atoms with van der Waals surface area (Å²) in [6.07, 6.45) is -0.490. The van der Waals surface area contributed by atoms with Gasteiger partial charge in [-0.3, -0.25) is 14.4 Å². The molecule has 0 atom stereocenters. The average Bonchev–Trinajstić information content (AvgIpc) is 3.08. The minimum Gasteiger partial charge on any atom is -0.466 e. The van der Waals surface area contributed by atoms with Gasteiger partial charge in [-0.05, 0) is 30.5 Å². The number of hydrogen-bond donors (Lipinski definition) is 1. The molecule has 0 saturated carbocycles. The van der Waals surface area contributed by atoms with Crippen molar-refractivity contribution in [1.82, 2.24) is 4.98 Å². The van der Waals surface area contributed by atoms with Crippen LogP contribution in [-0.4, -0.2) is 42.1 Å². The molecule has 0 aliphatic heterocycles. The van der Waals surface area contributed by atoms with E-state index in [0.717, 1.165) is 5.56 Å². The van der Waals surface area contributed by atoms with Crippen LogP contribution >= 0.6 is 0 Å². The summed E-state index contributed by atoms with van der Waals surface area (Å²) in [6, 6.07) is 9.09. The number of nitrogens with one attached hydrogen (secondary N) is 1. The first-order valence-electron chi connectivity index (χ1n) is 10.2. The van der Waals surface area contributed by atoms with Gasteiger partial charge in [0.15, 0.2) is 0 Å². The second-order valence-electron chi connectivity index (χ2n) is 6.74. The molecule has 0 bridgehead atoms. The predicted octanol–water partition coefficient (Wildman–Crippen LogP) is 2.65. The SMILES string of the molecule is CCOC(=O)Cc1c(COC(C)=O)[nH]c(C(=O)OCc2ccccc2)c1CC(=O)OCC. The Hall–Kier alpha value is -3.62. The molecule has 9 nitrogen and oxygen atoms in total. The highest BCUT2D eigenvalue weighted by Crippen LogP contribution is 2.24. The van der Waals surface area contributed by atoms with Gasteiger partial charge in [0.25, 0.3) is 0 Å². The lowest BCUT2D eigenvalue weighted by molar-refractivity contribution is -0.143. The van der Waals surface area contributed by atoms with Crippen LogP contribution in [0, 0.1) is 0 Å². The van der Waals surface area contributed by atoms with Crippen molar-refractivity contribution >= 4 is 23.9 Å². The lowest BCUT2D eigenvalue weighted by Gasteiger charge is -2.09. The molecule has 0 aliphatic rings. The summed E-state index contributed by atoms with van der Waals surface area (Å²) < 4.78 is 20.5. The van der Waals surface area contributed by atoms with E-state index in [1.165, 1.54) is 6.92 Å². The topological polar surface area (TPSA) is 121 Å². The van der Waals surface area contributed by atoms with Gasteiger partial charge >= 0.3 is 23.9 Å². The van der Waals surface area contributed by atoms with E-state index < -0.39 is 23.9 Å². The van der Waals surface area contributed by atoms with E-state index in [0.29, 0.717) is 11.3 Å². The summed E-state index contributed by atoms with van der Waals surface area (Å²) in [5, 5.41) is 0. The minimum atomic E-state index is -0.715. The van der Waals surface area contributed by atoms with Crippen molar-refractivity contribution in [3.8, 4) is 0 Å². The van der Waals surface area contributed by atoms with Gasteiger partial charge in [-0.2, -0.15) is 0 Å². The summed E-state index contributed by atoms with van der Waals surface area (Å²) in [6.45, 7) is 4.70. The lowest BCUT2D eigenvalue weighted by atomic mass is 10.0. The fourth-order valence-corrected chi connectivity index (χ4v) is 3.02. The molecule has 172 valence electrons. The van der Waals surface area contributed by atoms with Crippen molar-refractivity contribution in [1.29, 1.82) is 0 Å². The van der Waals surface area contributed by atoms with Crippen LogP contribution in [-0.2, 0) is 59.4 Å². The third kappa shape index (κ3) is 7.26. The van der Waals surface area contributed by atoms with Crippen LogP contribution in [0.25, 0.3) is 0 Å². The molecule has 9 heteroatoms. The molecule has 1 aromatic carbocycles. The second kappa shape index (κ2) is 12.3. The van der Waals surface area contributed by atoms with Crippen molar-refractivity contribution in [2.45, 2.75) is 46.8 Å². The molecule has 0 aliphatic carbocycles. The Morgan fingerprint density at radius 2 is 1.38 bits per heavy atom. The highest BCUT2D eigenvalue weighted by Gasteiger charge is 2.27. The number of ether oxygens (including phenoxy) is 4. The number of aromatic nitrogens is 1. The zero-order valence-electron chi connectivity index (χ0n) is 18.4. The van der Waals surface area contributed by atoms with Crippen molar-refractivity contribution in [2.75, 3.05) is 13.2 Å². The predicted molar refractivity (Wildman–Crippen MR) is 112 cm³/mol. The first-order chi connectivity index (χ1) is 15.3. The number of rotatable bonds is 11. The van der Waals surface area contributed by atoms with Crippen LogP contribution in [0.2, 0.25) is 0 Å². The maximum absolute atomic E-state index is 12.9. The molecular weight excluding hydrogens is 418 g/mol. The molecule has 0 spiro atoms. The Bertz CT molecular complexity index is 948. The van der Waals surface area contributed by atoms with Crippen molar-refractivity contribution in [3.05, 3.63) is 58.4 Å². The minimum absolute atomic E-state index is 0.00423. The molecule has 0 fully saturated rings. The largest absolute Gasteiger partial charge is 0.466 e. The molecule has 1 heterocycles. The van der Waals surface area contributed by atoms with E-state index >= 15 is 0 Å². The number of benzene rings is 1. The molecule has 2 aromatic rings. The van der Waals surface area contributed by atoms with E-state index in [1.807, 2.05) is 18.2 Å². The van der Waals surface area contributed by atoms with Crippen molar-refractivity contribution < 1.29 is 38.1 Å². The third-order valence-corrected chi connectivity index (χ3v) is 4.40. The smallest absolute Gasteiger partial charge is 0.355 e. The van der Waals surface area contributed by atoms with Crippen LogP contribution in [0.4, 0.5) is 0 Å². The van der Waals surface area contributed by atoms with Gasteiger partial charge in [0.2, 0.25) is 0 Å². The summed E-state index contributed by atoms with van der Waals surface area (Å²) in [5.41, 5.74) is 1.67. The first kappa shape index (κ1) is 24.6. The Labute approximate surface area is 186 Å². The van der Waals surface area contributed by atoms with Gasteiger partial charge in [0.05, 0.1) is 31.7 Å². The van der Waals surface area contributed by atoms with E-state index in [-0.39, 0.29) is 50.5 Å². The Morgan fingerprint density at radius 1 is 0.781 bits per heavy atom. The van der Waals surface area contributed by atoms with Crippen molar-refractivity contribution in [2.24, 2.45) is 0 Å². The van der Waals surface area contributed by atoms with Gasteiger partial charge < -0.3 is 23.9 Å². The van der Waals surface area contributed by atoms with E-state index in [9.17, 15) is 19.2 Å². The molecule has 1 N–H and O–H groups in total. The summed E-state index contributed by atoms with van der Waals surface area (Å²) >= 11 is 0. The number of esters is 4. The second-order valence-corrected chi connectivity index (χ2v) is 6.74. The van der Waals surface area contributed by atoms with Crippen LogP contribution in [0.5, 0.6) is 0 Å². The third-order valence-electron chi connectivity index (χ3n) is 4.40. The van der Waals surface area contributed by atoms with Crippen LogP contribution in [0.3, 0.4) is 0 Å². The summed E-state index contributed by atoms with van der Waals surface area (Å²) in [7, 11) is 0. The molecule has 32 heavy (non-hydrogen) atoms. The highest BCUT2D eigenvalue weighted by atomic mass is 16.5. The molecule has 2 rings (SSSR count). The Kier molecular flexibility index (Phi) is 9.46. The first-order valence-corrected chi connectivity index (χ1v) is 10.2. The Balaban J connectivity index is 2.40. The van der Waals surface area contributed by atoms with Crippen LogP contribution in [0.1, 0.15) is 53.6 Å². The van der Waals surface area contributed by atoms with Crippen molar-refractivity contribution in [3.63, 3.8) is 0 Å². The van der Waals surface area contributed by atoms with Gasteiger partial charge in [-0.15, -0.1) is 0 Å². The average molecular weight is 445 g/mol. The fourth-order valence-electron chi connectivity index (χ4n) is 3.02. The molecular formula is C23H27NO8. The van der Waals surface area contributed by atoms with Gasteiger partial charge in [-0.25, -0.2) is 4.79 Å². The fraction of sp³-hybridized carbons (Fsp3) is 0.391. The normalized spacial score (nSPS) is 10.3. The molecule has 0 amide bonds. The molecule has 0 unspecified atom stereocenters. The molecule has 1 aromatic heterocycles. The quantitative estimate of drug-likeness (QED) is 0.414. The van der Waals surface area contributed by atoms with E-state index in [1.54, 1.807) is 26.0 Å². The summed E-state index contributed by atoms with van der Waals surface area (Å²) in [4.78, 5) is 51.4. The number of carbonyl (C=O) groups excluding carboxylic acids is 4. The van der Waals surface area contributed by atoms with E-state index in [2.05, 4.69) is 4.98 Å². The van der Waals surface area contributed by atoms with Gasteiger partial charge in [-0.1, -0.05) is 30.3 Å². The zero-order valence-corrected chi connectivity index (χ0v) is 18.4. The molecule has 0 radical (unpaired) electrons. The molecule has 0 saturated heterocycles. The van der Waals surface area contributed by atoms with Gasteiger partial charge in [0, 0.05) is 6.92 Å². The number of carbonyl (C=O) groups is 4. The lowest BCUT2D eigenvalue weighted by Crippen LogP contribution is -2.16. The van der Waals surface area contributed by atoms with Gasteiger partial charge in [0.1, 0.15) is 18.9 Å². The monoisotopic (exact) mass is 445 g/mol. The highest BCUT2D eigenvalue weighted by molar-refractivity contribution is 5.92. The maximum atomic E-state index is 12.9. The van der Waals surface area contributed by atoms with Crippen LogP contribution in [0.15, 0.2) is 30.3 Å². The summed E-state index contributed by atoms with van der Waals surface area (Å²) in [5.74, 6) is -2.38. The maximum Gasteiger partial charge on any atom is 0.355 e. The standard InChI is InChI=1S/C23H27NO8/c1-4-29-20(26)11-17-18(12-21(27)30-5-2)22(24-19(17)14-31-15(3)25)23(28)32-13-16-9-7-6-8-10-16/h6-10,24H,4-5,11-14H2,1-3H3. The zero-order chi connectivity index (χ0) is 23.5. The van der Waals surface area contributed by atoms with Crippen LogP contribution < -0.4 is 0 Å². The number of aromatic amines is 1. The number of hydrogen-bond acceptors (Lipinski definition) is 8. The Morgan fingerprint density at radius 3 is 1.94 bits per heavy atom.